The van der Waals surface area contributed by atoms with Crippen molar-refractivity contribution in [2.75, 3.05) is 0 Å². The fourth-order valence-electron chi connectivity index (χ4n) is 3.07. The number of hydrogen-bond acceptors (Lipinski definition) is 2. The first-order valence-corrected chi connectivity index (χ1v) is 7.32. The SMILES string of the molecule is CCc1n[nH]c(=O)c2cc3c(cc12)CCCCCC3. The quantitative estimate of drug-likeness (QED) is 0.852. The van der Waals surface area contributed by atoms with Crippen LogP contribution in [0.4, 0.5) is 0 Å². The van der Waals surface area contributed by atoms with Crippen molar-refractivity contribution in [3.63, 3.8) is 0 Å². The number of aromatic amines is 1. The van der Waals surface area contributed by atoms with Gasteiger partial charge in [-0.25, -0.2) is 5.10 Å². The summed E-state index contributed by atoms with van der Waals surface area (Å²) in [5, 5.41) is 8.66. The summed E-state index contributed by atoms with van der Waals surface area (Å²) in [5.41, 5.74) is 3.73. The molecule has 0 atom stereocenters. The Morgan fingerprint density at radius 1 is 1.05 bits per heavy atom. The van der Waals surface area contributed by atoms with E-state index in [2.05, 4.69) is 29.3 Å². The van der Waals surface area contributed by atoms with Crippen molar-refractivity contribution >= 4 is 10.8 Å². The first-order valence-electron chi connectivity index (χ1n) is 7.32. The number of rotatable bonds is 1. The van der Waals surface area contributed by atoms with Crippen molar-refractivity contribution < 1.29 is 0 Å². The number of fused-ring (bicyclic) bond motifs is 2. The zero-order valence-electron chi connectivity index (χ0n) is 11.5. The Labute approximate surface area is 113 Å². The zero-order chi connectivity index (χ0) is 13.2. The molecule has 1 aliphatic carbocycles. The number of aromatic nitrogens is 2. The zero-order valence-corrected chi connectivity index (χ0v) is 11.5. The predicted octanol–water partition coefficient (Wildman–Crippen LogP) is 3.14. The first-order chi connectivity index (χ1) is 9.29. The summed E-state index contributed by atoms with van der Waals surface area (Å²) < 4.78 is 0. The normalized spacial score (nSPS) is 15.8. The largest absolute Gasteiger partial charge is 0.272 e. The second-order valence-electron chi connectivity index (χ2n) is 5.43. The highest BCUT2D eigenvalue weighted by Crippen LogP contribution is 2.25. The molecule has 1 aromatic carbocycles. The average molecular weight is 256 g/mol. The molecule has 0 saturated carbocycles. The molecule has 2 aromatic rings. The summed E-state index contributed by atoms with van der Waals surface area (Å²) >= 11 is 0. The van der Waals surface area contributed by atoms with E-state index in [0.717, 1.165) is 35.7 Å². The van der Waals surface area contributed by atoms with Crippen LogP contribution >= 0.6 is 0 Å². The van der Waals surface area contributed by atoms with Gasteiger partial charge in [-0.05, 0) is 55.4 Å². The van der Waals surface area contributed by atoms with Gasteiger partial charge in [-0.3, -0.25) is 4.79 Å². The van der Waals surface area contributed by atoms with Gasteiger partial charge in [-0.15, -0.1) is 0 Å². The van der Waals surface area contributed by atoms with Gasteiger partial charge in [0.1, 0.15) is 0 Å². The summed E-state index contributed by atoms with van der Waals surface area (Å²) in [6.45, 7) is 2.08. The first kappa shape index (κ1) is 12.4. The molecule has 0 saturated heterocycles. The molecular formula is C16H20N2O. The van der Waals surface area contributed by atoms with Crippen LogP contribution in [0.15, 0.2) is 16.9 Å². The average Bonchev–Trinajstić information content (AvgIpc) is 2.40. The van der Waals surface area contributed by atoms with Gasteiger partial charge in [0.05, 0.1) is 11.1 Å². The smallest absolute Gasteiger partial charge is 0.267 e. The molecule has 0 amide bonds. The Kier molecular flexibility index (Phi) is 3.36. The highest BCUT2D eigenvalue weighted by Gasteiger charge is 2.12. The van der Waals surface area contributed by atoms with Gasteiger partial charge in [0.15, 0.2) is 0 Å². The van der Waals surface area contributed by atoms with Gasteiger partial charge < -0.3 is 0 Å². The molecule has 1 aliphatic rings. The van der Waals surface area contributed by atoms with Crippen LogP contribution in [0.3, 0.4) is 0 Å². The molecule has 0 spiro atoms. The fourth-order valence-corrected chi connectivity index (χ4v) is 3.07. The molecule has 1 heterocycles. The Balaban J connectivity index is 2.24. The summed E-state index contributed by atoms with van der Waals surface area (Å²) in [6.07, 6.45) is 8.23. The van der Waals surface area contributed by atoms with Crippen molar-refractivity contribution in [2.45, 2.75) is 51.9 Å². The van der Waals surface area contributed by atoms with Gasteiger partial charge in [0.25, 0.3) is 5.56 Å². The lowest BCUT2D eigenvalue weighted by Gasteiger charge is -2.15. The Morgan fingerprint density at radius 2 is 1.68 bits per heavy atom. The molecule has 0 fully saturated rings. The predicted molar refractivity (Wildman–Crippen MR) is 77.6 cm³/mol. The third-order valence-electron chi connectivity index (χ3n) is 4.16. The second-order valence-corrected chi connectivity index (χ2v) is 5.43. The fraction of sp³-hybridized carbons (Fsp3) is 0.500. The minimum Gasteiger partial charge on any atom is -0.267 e. The molecule has 1 N–H and O–H groups in total. The minimum atomic E-state index is -0.0583. The molecule has 3 heteroatoms. The third-order valence-corrected chi connectivity index (χ3v) is 4.16. The molecule has 0 radical (unpaired) electrons. The van der Waals surface area contributed by atoms with E-state index >= 15 is 0 Å². The van der Waals surface area contributed by atoms with Gasteiger partial charge in [0.2, 0.25) is 0 Å². The third kappa shape index (κ3) is 2.29. The van der Waals surface area contributed by atoms with Gasteiger partial charge in [0, 0.05) is 5.39 Å². The molecule has 0 bridgehead atoms. The monoisotopic (exact) mass is 256 g/mol. The van der Waals surface area contributed by atoms with Crippen molar-refractivity contribution in [1.82, 2.24) is 10.2 Å². The maximum absolute atomic E-state index is 12.0. The lowest BCUT2D eigenvalue weighted by molar-refractivity contribution is 0.617. The number of nitrogens with one attached hydrogen (secondary N) is 1. The van der Waals surface area contributed by atoms with E-state index in [1.807, 2.05) is 0 Å². The van der Waals surface area contributed by atoms with E-state index in [1.165, 1.54) is 36.8 Å². The topological polar surface area (TPSA) is 45.8 Å². The molecule has 3 nitrogen and oxygen atoms in total. The van der Waals surface area contributed by atoms with Crippen LogP contribution in [0.2, 0.25) is 0 Å². The standard InChI is InChI=1S/C16H20N2O/c1-2-15-13-9-11-7-5-3-4-6-8-12(11)10-14(13)16(19)18-17-15/h9-10H,2-8H2,1H3,(H,18,19). The number of nitrogens with zero attached hydrogens (tertiary/aromatic N) is 1. The van der Waals surface area contributed by atoms with Crippen LogP contribution in [0.5, 0.6) is 0 Å². The molecule has 19 heavy (non-hydrogen) atoms. The van der Waals surface area contributed by atoms with E-state index in [9.17, 15) is 4.79 Å². The van der Waals surface area contributed by atoms with Gasteiger partial charge >= 0.3 is 0 Å². The number of benzene rings is 1. The summed E-state index contributed by atoms with van der Waals surface area (Å²) in [7, 11) is 0. The number of aryl methyl sites for hydroxylation is 3. The van der Waals surface area contributed by atoms with E-state index in [4.69, 9.17) is 0 Å². The summed E-state index contributed by atoms with van der Waals surface area (Å²) in [6, 6.07) is 4.33. The number of H-pyrrole nitrogens is 1. The van der Waals surface area contributed by atoms with Gasteiger partial charge in [-0.1, -0.05) is 19.8 Å². The van der Waals surface area contributed by atoms with E-state index in [-0.39, 0.29) is 5.56 Å². The second kappa shape index (κ2) is 5.16. The molecule has 3 rings (SSSR count). The lowest BCUT2D eigenvalue weighted by atomic mass is 9.91. The van der Waals surface area contributed by atoms with Crippen molar-refractivity contribution in [3.05, 3.63) is 39.3 Å². The minimum absolute atomic E-state index is 0.0583. The Hall–Kier alpha value is -1.64. The van der Waals surface area contributed by atoms with Crippen LogP contribution in [0.1, 0.15) is 49.4 Å². The highest BCUT2D eigenvalue weighted by molar-refractivity contribution is 5.85. The molecule has 100 valence electrons. The Bertz CT molecular complexity index is 658. The van der Waals surface area contributed by atoms with Crippen molar-refractivity contribution in [1.29, 1.82) is 0 Å². The van der Waals surface area contributed by atoms with E-state index in [0.29, 0.717) is 0 Å². The van der Waals surface area contributed by atoms with Crippen LogP contribution in [-0.4, -0.2) is 10.2 Å². The number of hydrogen-bond donors (Lipinski definition) is 1. The van der Waals surface area contributed by atoms with Crippen LogP contribution in [0, 0.1) is 0 Å². The summed E-state index contributed by atoms with van der Waals surface area (Å²) in [4.78, 5) is 12.0. The molecule has 0 aliphatic heterocycles. The van der Waals surface area contributed by atoms with Gasteiger partial charge in [-0.2, -0.15) is 5.10 Å². The van der Waals surface area contributed by atoms with E-state index in [1.54, 1.807) is 0 Å². The molecule has 1 aromatic heterocycles. The van der Waals surface area contributed by atoms with Crippen LogP contribution < -0.4 is 5.56 Å². The highest BCUT2D eigenvalue weighted by atomic mass is 16.1. The van der Waals surface area contributed by atoms with Crippen LogP contribution in [-0.2, 0) is 19.3 Å². The Morgan fingerprint density at radius 3 is 2.32 bits per heavy atom. The molecule has 0 unspecified atom stereocenters. The molecular weight excluding hydrogens is 236 g/mol. The maximum Gasteiger partial charge on any atom is 0.272 e. The maximum atomic E-state index is 12.0. The van der Waals surface area contributed by atoms with E-state index < -0.39 is 0 Å². The summed E-state index contributed by atoms with van der Waals surface area (Å²) in [5.74, 6) is 0. The van der Waals surface area contributed by atoms with Crippen molar-refractivity contribution in [3.8, 4) is 0 Å². The van der Waals surface area contributed by atoms with Crippen LogP contribution in [0.25, 0.3) is 10.8 Å². The van der Waals surface area contributed by atoms with Crippen molar-refractivity contribution in [2.24, 2.45) is 0 Å². The lowest BCUT2D eigenvalue weighted by Crippen LogP contribution is -2.12.